The lowest BCUT2D eigenvalue weighted by Crippen LogP contribution is -3.12. The Morgan fingerprint density at radius 3 is 2.74 bits per heavy atom. The van der Waals surface area contributed by atoms with Crippen LogP contribution in [0.3, 0.4) is 0 Å². The molecule has 2 fully saturated rings. The Kier molecular flexibility index (Phi) is 4.87. The number of rotatable bonds is 3. The van der Waals surface area contributed by atoms with E-state index in [4.69, 9.17) is 0 Å². The molecule has 0 bridgehead atoms. The van der Waals surface area contributed by atoms with Gasteiger partial charge >= 0.3 is 0 Å². The van der Waals surface area contributed by atoms with Crippen LogP contribution in [0, 0.1) is 5.82 Å². The van der Waals surface area contributed by atoms with Gasteiger partial charge in [0.25, 0.3) is 0 Å². The Balaban J connectivity index is 1.71. The highest BCUT2D eigenvalue weighted by atomic mass is 32.2. The van der Waals surface area contributed by atoms with Crippen LogP contribution in [-0.2, 0) is 9.59 Å². The quantitative estimate of drug-likeness (QED) is 0.827. The van der Waals surface area contributed by atoms with Crippen molar-refractivity contribution in [1.29, 1.82) is 0 Å². The predicted molar refractivity (Wildman–Crippen MR) is 86.5 cm³/mol. The maximum absolute atomic E-state index is 14.0. The van der Waals surface area contributed by atoms with Gasteiger partial charge in [-0.2, -0.15) is 0 Å². The Morgan fingerprint density at radius 1 is 1.35 bits per heavy atom. The summed E-state index contributed by atoms with van der Waals surface area (Å²) in [6.07, 6.45) is 0. The van der Waals surface area contributed by atoms with Crippen LogP contribution in [0.25, 0.3) is 0 Å². The second-order valence-electron chi connectivity index (χ2n) is 6.04. The van der Waals surface area contributed by atoms with Crippen molar-refractivity contribution < 1.29 is 18.9 Å². The minimum Gasteiger partial charge on any atom is -0.334 e. The summed E-state index contributed by atoms with van der Waals surface area (Å²) in [6.45, 7) is 3.30. The van der Waals surface area contributed by atoms with E-state index in [0.29, 0.717) is 24.4 Å². The molecule has 0 saturated carbocycles. The summed E-state index contributed by atoms with van der Waals surface area (Å²) in [6, 6.07) is 6.46. The molecule has 23 heavy (non-hydrogen) atoms. The summed E-state index contributed by atoms with van der Waals surface area (Å²) in [7, 11) is 2.11. The smallest absolute Gasteiger partial charge is 0.242 e. The largest absolute Gasteiger partial charge is 0.334 e. The lowest BCUT2D eigenvalue weighted by Gasteiger charge is -2.32. The first kappa shape index (κ1) is 16.3. The number of benzene rings is 1. The van der Waals surface area contributed by atoms with Crippen molar-refractivity contribution in [2.75, 3.05) is 45.5 Å². The third kappa shape index (κ3) is 3.50. The van der Waals surface area contributed by atoms with E-state index in [9.17, 15) is 14.0 Å². The van der Waals surface area contributed by atoms with E-state index in [1.807, 2.05) is 4.90 Å². The van der Waals surface area contributed by atoms with Crippen LogP contribution in [0.4, 0.5) is 4.39 Å². The van der Waals surface area contributed by atoms with E-state index < -0.39 is 5.37 Å². The minimum absolute atomic E-state index is 0.0316. The zero-order chi connectivity index (χ0) is 16.4. The Labute approximate surface area is 139 Å². The summed E-state index contributed by atoms with van der Waals surface area (Å²) in [5.41, 5.74) is 0.471. The number of carbonyl (C=O) groups excluding carboxylic acids is 2. The molecule has 0 aliphatic carbocycles. The molecule has 2 amide bonds. The summed E-state index contributed by atoms with van der Waals surface area (Å²) >= 11 is 1.38. The maximum Gasteiger partial charge on any atom is 0.242 e. The van der Waals surface area contributed by atoms with Crippen LogP contribution in [0.5, 0.6) is 0 Å². The van der Waals surface area contributed by atoms with Crippen molar-refractivity contribution in [3.8, 4) is 0 Å². The van der Waals surface area contributed by atoms with Crippen LogP contribution in [-0.4, -0.2) is 67.1 Å². The molecule has 1 aromatic rings. The minimum atomic E-state index is -0.411. The molecule has 1 atom stereocenters. The SMILES string of the molecule is C[NH+]1CCN(C(=O)CN2C(=O)CS[C@H]2c2ccccc2F)CC1. The molecule has 1 N–H and O–H groups in total. The lowest BCUT2D eigenvalue weighted by atomic mass is 10.2. The number of nitrogens with one attached hydrogen (secondary N) is 1. The molecule has 0 spiro atoms. The molecule has 0 unspecified atom stereocenters. The van der Waals surface area contributed by atoms with Gasteiger partial charge in [-0.25, -0.2) is 4.39 Å². The number of nitrogens with zero attached hydrogens (tertiary/aromatic N) is 2. The van der Waals surface area contributed by atoms with Crippen molar-refractivity contribution in [3.63, 3.8) is 0 Å². The first-order chi connectivity index (χ1) is 11.1. The van der Waals surface area contributed by atoms with Gasteiger partial charge in [-0.15, -0.1) is 11.8 Å². The topological polar surface area (TPSA) is 45.1 Å². The Bertz CT molecular complexity index is 605. The fourth-order valence-corrected chi connectivity index (χ4v) is 4.15. The van der Waals surface area contributed by atoms with Gasteiger partial charge in [-0.3, -0.25) is 9.59 Å². The number of hydrogen-bond donors (Lipinski definition) is 1. The molecule has 0 aromatic heterocycles. The average molecular weight is 338 g/mol. The van der Waals surface area contributed by atoms with Crippen molar-refractivity contribution in [3.05, 3.63) is 35.6 Å². The van der Waals surface area contributed by atoms with Crippen LogP contribution in [0.2, 0.25) is 0 Å². The Morgan fingerprint density at radius 2 is 2.04 bits per heavy atom. The average Bonchev–Trinajstić information content (AvgIpc) is 2.89. The number of carbonyl (C=O) groups is 2. The summed E-state index contributed by atoms with van der Waals surface area (Å²) in [4.78, 5) is 29.4. The van der Waals surface area contributed by atoms with Crippen molar-refractivity contribution in [2.45, 2.75) is 5.37 Å². The molecular weight excluding hydrogens is 317 g/mol. The van der Waals surface area contributed by atoms with Crippen molar-refractivity contribution >= 4 is 23.6 Å². The van der Waals surface area contributed by atoms with Gasteiger partial charge in [0.1, 0.15) is 17.7 Å². The molecule has 2 aliphatic heterocycles. The van der Waals surface area contributed by atoms with Crippen LogP contribution < -0.4 is 4.90 Å². The van der Waals surface area contributed by atoms with E-state index in [-0.39, 0.29) is 24.2 Å². The molecule has 2 saturated heterocycles. The fraction of sp³-hybridized carbons (Fsp3) is 0.500. The molecule has 3 rings (SSSR count). The van der Waals surface area contributed by atoms with Crippen LogP contribution in [0.15, 0.2) is 24.3 Å². The number of quaternary nitrogens is 1. The summed E-state index contributed by atoms with van der Waals surface area (Å²) in [5, 5.41) is -0.411. The van der Waals surface area contributed by atoms with E-state index in [0.717, 1.165) is 13.1 Å². The number of halogens is 1. The normalized spacial score (nSPS) is 22.7. The first-order valence-electron chi connectivity index (χ1n) is 7.81. The van der Waals surface area contributed by atoms with E-state index in [2.05, 4.69) is 7.05 Å². The van der Waals surface area contributed by atoms with E-state index in [1.165, 1.54) is 27.6 Å². The van der Waals surface area contributed by atoms with E-state index in [1.54, 1.807) is 18.2 Å². The number of likely N-dealkylation sites (N-methyl/N-ethyl adjacent to an activating group) is 1. The van der Waals surface area contributed by atoms with Gasteiger partial charge in [0.05, 0.1) is 39.0 Å². The molecule has 2 aliphatic rings. The molecule has 5 nitrogen and oxygen atoms in total. The predicted octanol–water partition coefficient (Wildman–Crippen LogP) is -0.243. The van der Waals surface area contributed by atoms with Gasteiger partial charge in [-0.1, -0.05) is 18.2 Å². The molecular formula is C16H21FN3O2S+. The highest BCUT2D eigenvalue weighted by Gasteiger charge is 2.36. The molecule has 1 aromatic carbocycles. The van der Waals surface area contributed by atoms with Gasteiger partial charge in [0.2, 0.25) is 11.8 Å². The third-order valence-corrected chi connectivity index (χ3v) is 5.65. The lowest BCUT2D eigenvalue weighted by molar-refractivity contribution is -0.883. The molecule has 124 valence electrons. The zero-order valence-electron chi connectivity index (χ0n) is 13.1. The number of amides is 2. The number of piperazine rings is 1. The zero-order valence-corrected chi connectivity index (χ0v) is 13.9. The second kappa shape index (κ2) is 6.88. The first-order valence-corrected chi connectivity index (χ1v) is 8.85. The number of thioether (sulfide) groups is 1. The highest BCUT2D eigenvalue weighted by Crippen LogP contribution is 2.39. The summed E-state index contributed by atoms with van der Waals surface area (Å²) < 4.78 is 14.0. The van der Waals surface area contributed by atoms with Gasteiger partial charge in [0, 0.05) is 5.56 Å². The molecule has 2 heterocycles. The monoisotopic (exact) mass is 338 g/mol. The second-order valence-corrected chi connectivity index (χ2v) is 7.11. The number of hydrogen-bond acceptors (Lipinski definition) is 3. The molecule has 7 heteroatoms. The fourth-order valence-electron chi connectivity index (χ4n) is 2.94. The summed E-state index contributed by atoms with van der Waals surface area (Å²) in [5.74, 6) is -0.189. The maximum atomic E-state index is 14.0. The van der Waals surface area contributed by atoms with Crippen molar-refractivity contribution in [1.82, 2.24) is 9.80 Å². The van der Waals surface area contributed by atoms with Gasteiger partial charge in [-0.05, 0) is 6.07 Å². The molecule has 0 radical (unpaired) electrons. The van der Waals surface area contributed by atoms with E-state index >= 15 is 0 Å². The van der Waals surface area contributed by atoms with Gasteiger partial charge in [0.15, 0.2) is 0 Å². The standard InChI is InChI=1S/C16H20FN3O2S/c1-18-6-8-19(9-7-18)14(21)10-20-15(22)11-23-16(20)12-4-2-3-5-13(12)17/h2-5,16H,6-11H2,1H3/p+1/t16-/m0/s1. The van der Waals surface area contributed by atoms with Crippen molar-refractivity contribution in [2.24, 2.45) is 0 Å². The van der Waals surface area contributed by atoms with Crippen LogP contribution >= 0.6 is 11.8 Å². The third-order valence-electron chi connectivity index (χ3n) is 4.41. The highest BCUT2D eigenvalue weighted by molar-refractivity contribution is 8.00. The Hall–Kier alpha value is -1.60. The van der Waals surface area contributed by atoms with Crippen LogP contribution in [0.1, 0.15) is 10.9 Å². The van der Waals surface area contributed by atoms with Gasteiger partial charge < -0.3 is 14.7 Å².